The monoisotopic (exact) mass is 415 g/mol. The zero-order valence-corrected chi connectivity index (χ0v) is 15.5. The molecule has 1 fully saturated rings. The third-order valence-electron chi connectivity index (χ3n) is 4.49. The van der Waals surface area contributed by atoms with Gasteiger partial charge in [-0.1, -0.05) is 11.6 Å². The van der Waals surface area contributed by atoms with Gasteiger partial charge in [0.1, 0.15) is 5.82 Å². The van der Waals surface area contributed by atoms with Gasteiger partial charge in [0.15, 0.2) is 0 Å². The number of nitrogens with one attached hydrogen (secondary N) is 1. The van der Waals surface area contributed by atoms with E-state index in [9.17, 15) is 22.4 Å². The van der Waals surface area contributed by atoms with Crippen LogP contribution in [-0.2, 0) is 11.0 Å². The number of carbonyl (C=O) groups is 1. The summed E-state index contributed by atoms with van der Waals surface area (Å²) in [5.74, 6) is -0.831. The summed E-state index contributed by atoms with van der Waals surface area (Å²) >= 11 is 5.64. The van der Waals surface area contributed by atoms with E-state index in [0.717, 1.165) is 17.8 Å². The van der Waals surface area contributed by atoms with Gasteiger partial charge in [0.25, 0.3) is 0 Å². The van der Waals surface area contributed by atoms with Gasteiger partial charge in [-0.05, 0) is 42.5 Å². The molecule has 150 valence electrons. The first kappa shape index (κ1) is 20.4. The van der Waals surface area contributed by atoms with Crippen molar-refractivity contribution in [3.8, 4) is 0 Å². The van der Waals surface area contributed by atoms with Crippen LogP contribution >= 0.6 is 11.6 Å². The van der Waals surface area contributed by atoms with E-state index in [2.05, 4.69) is 10.2 Å². The number of nitrogens with zero attached hydrogens (tertiary/aromatic N) is 2. The van der Waals surface area contributed by atoms with Gasteiger partial charge in [0.2, 0.25) is 5.91 Å². The highest BCUT2D eigenvalue weighted by Crippen LogP contribution is 2.36. The van der Waals surface area contributed by atoms with Crippen molar-refractivity contribution in [1.82, 2.24) is 4.90 Å². The summed E-state index contributed by atoms with van der Waals surface area (Å²) < 4.78 is 52.4. The van der Waals surface area contributed by atoms with Crippen LogP contribution in [0, 0.1) is 5.82 Å². The molecule has 0 spiro atoms. The van der Waals surface area contributed by atoms with E-state index in [1.807, 2.05) is 4.90 Å². The van der Waals surface area contributed by atoms with Gasteiger partial charge in [0, 0.05) is 36.9 Å². The minimum absolute atomic E-state index is 0.0167. The van der Waals surface area contributed by atoms with Crippen LogP contribution in [0.25, 0.3) is 0 Å². The second kappa shape index (κ2) is 8.36. The standard InChI is InChI=1S/C19H18ClF4N3O/c20-13-1-6-17(16(11-13)19(22,23)24)25-18(28)12-26-7-9-27(10-8-26)15-4-2-14(21)3-5-15/h1-6,11H,7-10,12H2,(H,25,28). The molecule has 1 heterocycles. The summed E-state index contributed by atoms with van der Waals surface area (Å²) in [6.07, 6.45) is -4.62. The van der Waals surface area contributed by atoms with Gasteiger partial charge < -0.3 is 10.2 Å². The topological polar surface area (TPSA) is 35.6 Å². The van der Waals surface area contributed by atoms with Crippen LogP contribution in [-0.4, -0.2) is 43.5 Å². The number of hydrogen-bond donors (Lipinski definition) is 1. The Balaban J connectivity index is 1.56. The van der Waals surface area contributed by atoms with Gasteiger partial charge in [-0.15, -0.1) is 0 Å². The Hall–Kier alpha value is -2.32. The van der Waals surface area contributed by atoms with Gasteiger partial charge in [0.05, 0.1) is 17.8 Å². The number of amides is 1. The molecule has 0 aliphatic carbocycles. The van der Waals surface area contributed by atoms with E-state index in [1.54, 1.807) is 12.1 Å². The lowest BCUT2D eigenvalue weighted by Gasteiger charge is -2.35. The summed E-state index contributed by atoms with van der Waals surface area (Å²) in [5, 5.41) is 2.27. The molecule has 1 aliphatic rings. The number of halogens is 5. The maximum Gasteiger partial charge on any atom is 0.418 e. The van der Waals surface area contributed by atoms with E-state index in [-0.39, 0.29) is 23.1 Å². The number of benzene rings is 2. The SMILES string of the molecule is O=C(CN1CCN(c2ccc(F)cc2)CC1)Nc1ccc(Cl)cc1C(F)(F)F. The van der Waals surface area contributed by atoms with Crippen LogP contribution in [0.5, 0.6) is 0 Å². The van der Waals surface area contributed by atoms with E-state index >= 15 is 0 Å². The molecular weight excluding hydrogens is 398 g/mol. The third kappa shape index (κ3) is 5.14. The quantitative estimate of drug-likeness (QED) is 0.758. The number of anilines is 2. The van der Waals surface area contributed by atoms with Crippen molar-refractivity contribution in [3.63, 3.8) is 0 Å². The molecule has 1 amide bonds. The highest BCUT2D eigenvalue weighted by atomic mass is 35.5. The number of rotatable bonds is 4. The Bertz CT molecular complexity index is 834. The Morgan fingerprint density at radius 1 is 1.04 bits per heavy atom. The molecule has 1 saturated heterocycles. The molecule has 0 unspecified atom stereocenters. The number of hydrogen-bond acceptors (Lipinski definition) is 3. The molecule has 4 nitrogen and oxygen atoms in total. The Labute approximate surface area is 164 Å². The largest absolute Gasteiger partial charge is 0.418 e. The summed E-state index contributed by atoms with van der Waals surface area (Å²) in [7, 11) is 0. The molecule has 1 N–H and O–H groups in total. The van der Waals surface area contributed by atoms with E-state index in [0.29, 0.717) is 26.2 Å². The second-order valence-electron chi connectivity index (χ2n) is 6.48. The molecule has 0 bridgehead atoms. The normalized spacial score (nSPS) is 15.5. The number of carbonyl (C=O) groups excluding carboxylic acids is 1. The van der Waals surface area contributed by atoms with Crippen LogP contribution < -0.4 is 10.2 Å². The van der Waals surface area contributed by atoms with Crippen LogP contribution in [0.15, 0.2) is 42.5 Å². The average Bonchev–Trinajstić information content (AvgIpc) is 2.64. The van der Waals surface area contributed by atoms with Gasteiger partial charge in [-0.2, -0.15) is 13.2 Å². The molecule has 0 aromatic heterocycles. The fraction of sp³-hybridized carbons (Fsp3) is 0.316. The highest BCUT2D eigenvalue weighted by molar-refractivity contribution is 6.30. The lowest BCUT2D eigenvalue weighted by atomic mass is 10.1. The van der Waals surface area contributed by atoms with Gasteiger partial charge >= 0.3 is 6.18 Å². The zero-order chi connectivity index (χ0) is 20.3. The third-order valence-corrected chi connectivity index (χ3v) is 4.73. The van der Waals surface area contributed by atoms with Crippen LogP contribution in [0.1, 0.15) is 5.56 Å². The van der Waals surface area contributed by atoms with Crippen molar-refractivity contribution in [2.75, 3.05) is 42.9 Å². The predicted molar refractivity (Wildman–Crippen MR) is 100 cm³/mol. The summed E-state index contributed by atoms with van der Waals surface area (Å²) in [6, 6.07) is 9.40. The summed E-state index contributed by atoms with van der Waals surface area (Å²) in [6.45, 7) is 2.38. The maximum atomic E-state index is 13.1. The highest BCUT2D eigenvalue weighted by Gasteiger charge is 2.34. The Morgan fingerprint density at radius 2 is 1.68 bits per heavy atom. The Morgan fingerprint density at radius 3 is 2.29 bits per heavy atom. The number of alkyl halides is 3. The van der Waals surface area contributed by atoms with E-state index in [4.69, 9.17) is 11.6 Å². The molecule has 2 aromatic carbocycles. The van der Waals surface area contributed by atoms with E-state index < -0.39 is 17.6 Å². The molecule has 28 heavy (non-hydrogen) atoms. The first-order valence-corrected chi connectivity index (χ1v) is 8.99. The van der Waals surface area contributed by atoms with Crippen molar-refractivity contribution in [2.24, 2.45) is 0 Å². The minimum Gasteiger partial charge on any atom is -0.369 e. The molecule has 3 rings (SSSR count). The zero-order valence-electron chi connectivity index (χ0n) is 14.8. The van der Waals surface area contributed by atoms with Crippen LogP contribution in [0.2, 0.25) is 5.02 Å². The molecule has 2 aromatic rings. The van der Waals surface area contributed by atoms with Crippen molar-refractivity contribution in [1.29, 1.82) is 0 Å². The lowest BCUT2D eigenvalue weighted by molar-refractivity contribution is -0.137. The van der Waals surface area contributed by atoms with Crippen molar-refractivity contribution < 1.29 is 22.4 Å². The predicted octanol–water partition coefficient (Wildman–Crippen LogP) is 4.26. The molecule has 0 atom stereocenters. The smallest absolute Gasteiger partial charge is 0.369 e. The van der Waals surface area contributed by atoms with Crippen LogP contribution in [0.4, 0.5) is 28.9 Å². The van der Waals surface area contributed by atoms with Gasteiger partial charge in [-0.25, -0.2) is 4.39 Å². The molecule has 0 radical (unpaired) electrons. The first-order valence-electron chi connectivity index (χ1n) is 8.62. The fourth-order valence-corrected chi connectivity index (χ4v) is 3.24. The molecule has 1 aliphatic heterocycles. The maximum absolute atomic E-state index is 13.1. The van der Waals surface area contributed by atoms with Gasteiger partial charge in [-0.3, -0.25) is 9.69 Å². The lowest BCUT2D eigenvalue weighted by Crippen LogP contribution is -2.48. The van der Waals surface area contributed by atoms with Crippen molar-refractivity contribution >= 4 is 28.9 Å². The molecule has 0 saturated carbocycles. The second-order valence-corrected chi connectivity index (χ2v) is 6.91. The van der Waals surface area contributed by atoms with Crippen molar-refractivity contribution in [2.45, 2.75) is 6.18 Å². The Kier molecular flexibility index (Phi) is 6.10. The molecular formula is C19H18ClF4N3O. The van der Waals surface area contributed by atoms with E-state index in [1.165, 1.54) is 18.2 Å². The minimum atomic E-state index is -4.62. The van der Waals surface area contributed by atoms with Crippen molar-refractivity contribution in [3.05, 3.63) is 58.9 Å². The fourth-order valence-electron chi connectivity index (χ4n) is 3.07. The summed E-state index contributed by atoms with van der Waals surface area (Å²) in [5.41, 5.74) is -0.400. The molecule has 9 heteroatoms. The summed E-state index contributed by atoms with van der Waals surface area (Å²) in [4.78, 5) is 16.1. The average molecular weight is 416 g/mol. The number of piperazine rings is 1. The van der Waals surface area contributed by atoms with Crippen LogP contribution in [0.3, 0.4) is 0 Å². The first-order chi connectivity index (χ1) is 13.2.